The normalized spacial score (nSPS) is 17.0. The lowest BCUT2D eigenvalue weighted by Gasteiger charge is -2.16. The first-order chi connectivity index (χ1) is 6.53. The predicted molar refractivity (Wildman–Crippen MR) is 49.0 cm³/mol. The Labute approximate surface area is 81.5 Å². The molecule has 0 unspecified atom stereocenters. The number of nitrogens with zero attached hydrogens (tertiary/aromatic N) is 2. The molecule has 0 bridgehead atoms. The maximum absolute atomic E-state index is 11.0. The van der Waals surface area contributed by atoms with Gasteiger partial charge in [-0.1, -0.05) is 0 Å². The number of aliphatic carboxylic acids is 1. The van der Waals surface area contributed by atoms with Crippen LogP contribution < -0.4 is 0 Å². The van der Waals surface area contributed by atoms with Crippen LogP contribution in [0.1, 0.15) is 44.0 Å². The summed E-state index contributed by atoms with van der Waals surface area (Å²) in [6.45, 7) is 3.30. The summed E-state index contributed by atoms with van der Waals surface area (Å²) in [5.41, 5.74) is 0.454. The fourth-order valence-electron chi connectivity index (χ4n) is 1.44. The van der Waals surface area contributed by atoms with Crippen molar-refractivity contribution in [2.75, 3.05) is 0 Å². The second-order valence-corrected chi connectivity index (χ2v) is 4.26. The summed E-state index contributed by atoms with van der Waals surface area (Å²) < 4.78 is 0. The van der Waals surface area contributed by atoms with E-state index in [9.17, 15) is 4.79 Å². The maximum atomic E-state index is 11.0. The number of H-pyrrole nitrogens is 1. The van der Waals surface area contributed by atoms with Gasteiger partial charge in [-0.3, -0.25) is 4.79 Å². The topological polar surface area (TPSA) is 78.9 Å². The Morgan fingerprint density at radius 3 is 2.64 bits per heavy atom. The highest BCUT2D eigenvalue weighted by atomic mass is 16.4. The van der Waals surface area contributed by atoms with E-state index in [0.29, 0.717) is 11.6 Å². The van der Waals surface area contributed by atoms with Crippen molar-refractivity contribution in [3.63, 3.8) is 0 Å². The molecule has 0 atom stereocenters. The molecule has 1 saturated carbocycles. The lowest BCUT2D eigenvalue weighted by molar-refractivity contribution is -0.142. The first-order valence-electron chi connectivity index (χ1n) is 4.68. The number of carbonyl (C=O) groups is 1. The highest BCUT2D eigenvalue weighted by Crippen LogP contribution is 2.42. The van der Waals surface area contributed by atoms with E-state index in [1.54, 1.807) is 13.8 Å². The summed E-state index contributed by atoms with van der Waals surface area (Å²) in [6.07, 6.45) is 2.18. The van der Waals surface area contributed by atoms with Crippen molar-refractivity contribution in [1.82, 2.24) is 15.4 Å². The van der Waals surface area contributed by atoms with Gasteiger partial charge in [-0.15, -0.1) is 0 Å². The van der Waals surface area contributed by atoms with Crippen LogP contribution in [0.4, 0.5) is 0 Å². The van der Waals surface area contributed by atoms with Gasteiger partial charge < -0.3 is 5.11 Å². The van der Waals surface area contributed by atoms with Crippen LogP contribution in [-0.2, 0) is 10.2 Å². The summed E-state index contributed by atoms with van der Waals surface area (Å²) >= 11 is 0. The molecule has 2 rings (SSSR count). The molecular formula is C9H13N3O2. The van der Waals surface area contributed by atoms with E-state index in [4.69, 9.17) is 5.11 Å². The number of aromatic amines is 1. The molecule has 0 amide bonds. The molecular weight excluding hydrogens is 182 g/mol. The van der Waals surface area contributed by atoms with Crippen molar-refractivity contribution < 1.29 is 9.90 Å². The predicted octanol–water partition coefficient (Wildman–Crippen LogP) is 1.04. The number of aromatic nitrogens is 3. The van der Waals surface area contributed by atoms with Crippen LogP contribution in [0, 0.1) is 0 Å². The molecule has 76 valence electrons. The number of nitrogens with one attached hydrogen (secondary N) is 1. The van der Waals surface area contributed by atoms with E-state index in [1.165, 1.54) is 0 Å². The third-order valence-electron chi connectivity index (χ3n) is 2.67. The van der Waals surface area contributed by atoms with Crippen molar-refractivity contribution in [1.29, 1.82) is 0 Å². The van der Waals surface area contributed by atoms with Crippen molar-refractivity contribution >= 4 is 5.97 Å². The van der Waals surface area contributed by atoms with Crippen molar-refractivity contribution in [2.24, 2.45) is 0 Å². The van der Waals surface area contributed by atoms with Crippen LogP contribution in [0.25, 0.3) is 0 Å². The van der Waals surface area contributed by atoms with Crippen LogP contribution in [0.2, 0.25) is 0 Å². The summed E-state index contributed by atoms with van der Waals surface area (Å²) in [6, 6.07) is 0. The fraction of sp³-hybridized carbons (Fsp3) is 0.667. The summed E-state index contributed by atoms with van der Waals surface area (Å²) in [7, 11) is 0. The Balaban J connectivity index is 2.39. The second-order valence-electron chi connectivity index (χ2n) is 4.26. The van der Waals surface area contributed by atoms with Crippen molar-refractivity contribution in [3.05, 3.63) is 11.4 Å². The average Bonchev–Trinajstić information content (AvgIpc) is 2.83. The molecule has 0 radical (unpaired) electrons. The number of hydrogen-bond acceptors (Lipinski definition) is 3. The molecule has 1 aromatic heterocycles. The third kappa shape index (κ3) is 1.29. The minimum atomic E-state index is -0.953. The molecule has 0 spiro atoms. The van der Waals surface area contributed by atoms with Crippen LogP contribution in [0.15, 0.2) is 0 Å². The molecule has 0 saturated heterocycles. The molecule has 0 aliphatic heterocycles. The smallest absolute Gasteiger partial charge is 0.315 e. The summed E-state index contributed by atoms with van der Waals surface area (Å²) in [5.74, 6) is -0.448. The maximum Gasteiger partial charge on any atom is 0.315 e. The van der Waals surface area contributed by atoms with E-state index < -0.39 is 11.4 Å². The highest BCUT2D eigenvalue weighted by molar-refractivity contribution is 5.79. The zero-order chi connectivity index (χ0) is 10.3. The standard InChI is InChI=1S/C9H13N3O2/c1-9(2,8(13)14)7-6(5-3-4-5)10-12-11-7/h5H,3-4H2,1-2H3,(H,13,14)(H,10,11,12). The van der Waals surface area contributed by atoms with Crippen molar-refractivity contribution in [3.8, 4) is 0 Å². The van der Waals surface area contributed by atoms with Gasteiger partial charge in [0, 0.05) is 5.92 Å². The van der Waals surface area contributed by atoms with Gasteiger partial charge in [0.05, 0.1) is 5.69 Å². The van der Waals surface area contributed by atoms with Gasteiger partial charge in [-0.25, -0.2) is 0 Å². The summed E-state index contributed by atoms with van der Waals surface area (Å²) in [4.78, 5) is 11.0. The van der Waals surface area contributed by atoms with Gasteiger partial charge in [0.25, 0.3) is 0 Å². The molecule has 0 aromatic carbocycles. The minimum absolute atomic E-state index is 0.419. The first kappa shape index (κ1) is 9.18. The zero-order valence-electron chi connectivity index (χ0n) is 8.24. The molecule has 14 heavy (non-hydrogen) atoms. The van der Waals surface area contributed by atoms with Gasteiger partial charge in [-0.05, 0) is 26.7 Å². The molecule has 1 aromatic rings. The summed E-state index contributed by atoms with van der Waals surface area (Å²) in [5, 5.41) is 19.6. The lowest BCUT2D eigenvalue weighted by atomic mass is 9.87. The van der Waals surface area contributed by atoms with Gasteiger partial charge in [0.15, 0.2) is 0 Å². The van der Waals surface area contributed by atoms with E-state index in [-0.39, 0.29) is 0 Å². The van der Waals surface area contributed by atoms with E-state index in [1.807, 2.05) is 0 Å². The van der Waals surface area contributed by atoms with Crippen molar-refractivity contribution in [2.45, 2.75) is 38.0 Å². The highest BCUT2D eigenvalue weighted by Gasteiger charge is 2.39. The van der Waals surface area contributed by atoms with Crippen LogP contribution in [0.3, 0.4) is 0 Å². The Morgan fingerprint density at radius 2 is 2.14 bits per heavy atom. The molecule has 5 heteroatoms. The quantitative estimate of drug-likeness (QED) is 0.755. The van der Waals surface area contributed by atoms with E-state index >= 15 is 0 Å². The molecule has 2 N–H and O–H groups in total. The number of hydrogen-bond donors (Lipinski definition) is 2. The van der Waals surface area contributed by atoms with Crippen LogP contribution in [-0.4, -0.2) is 26.5 Å². The SMILES string of the molecule is CC(C)(C(=O)O)c1n[nH]nc1C1CC1. The number of carboxylic acid groups (broad SMARTS) is 1. The largest absolute Gasteiger partial charge is 0.481 e. The fourth-order valence-corrected chi connectivity index (χ4v) is 1.44. The molecule has 1 aliphatic carbocycles. The van der Waals surface area contributed by atoms with Gasteiger partial charge in [-0.2, -0.15) is 15.4 Å². The molecule has 1 heterocycles. The van der Waals surface area contributed by atoms with Crippen LogP contribution >= 0.6 is 0 Å². The van der Waals surface area contributed by atoms with Gasteiger partial charge in [0.2, 0.25) is 0 Å². The molecule has 5 nitrogen and oxygen atoms in total. The zero-order valence-corrected chi connectivity index (χ0v) is 8.24. The lowest BCUT2D eigenvalue weighted by Crippen LogP contribution is -2.30. The van der Waals surface area contributed by atoms with E-state index in [2.05, 4.69) is 15.4 Å². The minimum Gasteiger partial charge on any atom is -0.481 e. The Kier molecular flexibility index (Phi) is 1.83. The average molecular weight is 195 g/mol. The second kappa shape index (κ2) is 2.80. The third-order valence-corrected chi connectivity index (χ3v) is 2.67. The first-order valence-corrected chi connectivity index (χ1v) is 4.68. The monoisotopic (exact) mass is 195 g/mol. The van der Waals surface area contributed by atoms with Gasteiger partial charge in [0.1, 0.15) is 11.1 Å². The molecule has 1 aliphatic rings. The Hall–Kier alpha value is -1.39. The van der Waals surface area contributed by atoms with E-state index in [0.717, 1.165) is 18.5 Å². The number of carboxylic acids is 1. The van der Waals surface area contributed by atoms with Gasteiger partial charge >= 0.3 is 5.97 Å². The Bertz CT molecular complexity index is 366. The number of rotatable bonds is 3. The molecule has 1 fully saturated rings. The van der Waals surface area contributed by atoms with Crippen LogP contribution in [0.5, 0.6) is 0 Å². The Morgan fingerprint density at radius 1 is 1.50 bits per heavy atom.